The molecule has 0 saturated carbocycles. The molecule has 0 aromatic carbocycles. The summed E-state index contributed by atoms with van der Waals surface area (Å²) in [6.07, 6.45) is 7.37. The van der Waals surface area contributed by atoms with Crippen LogP contribution in [0.5, 0.6) is 0 Å². The van der Waals surface area contributed by atoms with Gasteiger partial charge in [0.2, 0.25) is 5.91 Å². The molecule has 1 amide bonds. The lowest BCUT2D eigenvalue weighted by Gasteiger charge is -2.22. The Morgan fingerprint density at radius 1 is 1.58 bits per heavy atom. The van der Waals surface area contributed by atoms with Crippen LogP contribution < -0.4 is 5.32 Å². The maximum atomic E-state index is 11.6. The molecule has 1 rings (SSSR count). The molecule has 0 bridgehead atoms. The minimum absolute atomic E-state index is 0.0786. The van der Waals surface area contributed by atoms with Crippen molar-refractivity contribution in [3.8, 4) is 0 Å². The van der Waals surface area contributed by atoms with E-state index in [-0.39, 0.29) is 5.91 Å². The van der Waals surface area contributed by atoms with Crippen LogP contribution in [-0.2, 0) is 4.79 Å². The molecule has 0 saturated heterocycles. The highest BCUT2D eigenvalue weighted by Gasteiger charge is 2.06. The van der Waals surface area contributed by atoms with Gasteiger partial charge in [-0.2, -0.15) is 0 Å². The Morgan fingerprint density at radius 2 is 2.32 bits per heavy atom. The molecule has 4 heteroatoms. The Hall–Kier alpha value is -1.58. The largest absolute Gasteiger partial charge is 0.356 e. The van der Waals surface area contributed by atoms with Gasteiger partial charge < -0.3 is 10.2 Å². The molecule has 106 valence electrons. The van der Waals surface area contributed by atoms with E-state index in [2.05, 4.69) is 24.2 Å². The average Bonchev–Trinajstić information content (AvgIpc) is 2.38. The highest BCUT2D eigenvalue weighted by Crippen LogP contribution is 2.10. The second kappa shape index (κ2) is 7.77. The standard InChI is InChI=1S/C15H25N3O/c1-5-12(2)10-16-15(19)7-6-8-18-11-17-13(3)9-14(18)4/h6,8-9,12H,5,7,10-11H2,1-4H3,(H,16,19)/b8-6-/t12-/m0/s1. The van der Waals surface area contributed by atoms with Crippen molar-refractivity contribution in [1.29, 1.82) is 0 Å². The van der Waals surface area contributed by atoms with Crippen molar-refractivity contribution >= 4 is 11.6 Å². The van der Waals surface area contributed by atoms with E-state index in [0.717, 1.165) is 24.4 Å². The zero-order valence-corrected chi connectivity index (χ0v) is 12.4. The van der Waals surface area contributed by atoms with Gasteiger partial charge in [-0.3, -0.25) is 9.79 Å². The molecule has 19 heavy (non-hydrogen) atoms. The van der Waals surface area contributed by atoms with Crippen LogP contribution >= 0.6 is 0 Å². The fourth-order valence-electron chi connectivity index (χ4n) is 1.69. The first-order chi connectivity index (χ1) is 9.02. The Labute approximate surface area is 116 Å². The summed E-state index contributed by atoms with van der Waals surface area (Å²) in [5.74, 6) is 0.618. The second-order valence-electron chi connectivity index (χ2n) is 5.10. The number of amides is 1. The molecule has 0 aliphatic carbocycles. The SMILES string of the molecule is CC[C@H](C)CNC(=O)C/C=C\N1CN=C(C)C=C1C. The molecular weight excluding hydrogens is 238 g/mol. The number of nitrogens with one attached hydrogen (secondary N) is 1. The van der Waals surface area contributed by atoms with Crippen LogP contribution in [0, 0.1) is 5.92 Å². The number of carbonyl (C=O) groups excluding carboxylic acids is 1. The molecule has 0 fully saturated rings. The monoisotopic (exact) mass is 263 g/mol. The van der Waals surface area contributed by atoms with E-state index in [9.17, 15) is 4.79 Å². The van der Waals surface area contributed by atoms with Crippen LogP contribution in [-0.4, -0.2) is 29.7 Å². The maximum absolute atomic E-state index is 11.6. The van der Waals surface area contributed by atoms with Gasteiger partial charge in [-0.15, -0.1) is 0 Å². The first-order valence-electron chi connectivity index (χ1n) is 6.92. The van der Waals surface area contributed by atoms with E-state index >= 15 is 0 Å². The third-order valence-corrected chi connectivity index (χ3v) is 3.28. The fourth-order valence-corrected chi connectivity index (χ4v) is 1.69. The quantitative estimate of drug-likeness (QED) is 0.800. The van der Waals surface area contributed by atoms with Gasteiger partial charge in [0.25, 0.3) is 0 Å². The van der Waals surface area contributed by atoms with Gasteiger partial charge in [0, 0.05) is 30.6 Å². The van der Waals surface area contributed by atoms with Crippen molar-refractivity contribution in [3.05, 3.63) is 24.0 Å². The fraction of sp³-hybridized carbons (Fsp3) is 0.600. The van der Waals surface area contributed by atoms with E-state index < -0.39 is 0 Å². The Morgan fingerprint density at radius 3 is 2.95 bits per heavy atom. The summed E-state index contributed by atoms with van der Waals surface area (Å²) in [6, 6.07) is 0. The molecule has 0 aromatic rings. The number of allylic oxidation sites excluding steroid dienone is 2. The average molecular weight is 263 g/mol. The molecule has 1 aliphatic rings. The molecule has 1 heterocycles. The highest BCUT2D eigenvalue weighted by molar-refractivity contribution is 5.93. The summed E-state index contributed by atoms with van der Waals surface area (Å²) in [6.45, 7) is 9.70. The Balaban J connectivity index is 2.31. The van der Waals surface area contributed by atoms with E-state index in [1.165, 1.54) is 0 Å². The maximum Gasteiger partial charge on any atom is 0.223 e. The molecule has 0 spiro atoms. The minimum atomic E-state index is 0.0786. The van der Waals surface area contributed by atoms with Gasteiger partial charge >= 0.3 is 0 Å². The van der Waals surface area contributed by atoms with Gasteiger partial charge in [-0.05, 0) is 25.8 Å². The van der Waals surface area contributed by atoms with Crippen LogP contribution in [0.1, 0.15) is 40.5 Å². The van der Waals surface area contributed by atoms with E-state index in [1.807, 2.05) is 37.1 Å². The molecule has 0 aromatic heterocycles. The predicted molar refractivity (Wildman–Crippen MR) is 79.8 cm³/mol. The van der Waals surface area contributed by atoms with E-state index in [4.69, 9.17) is 0 Å². The third kappa shape index (κ3) is 5.73. The lowest BCUT2D eigenvalue weighted by atomic mass is 10.1. The van der Waals surface area contributed by atoms with E-state index in [0.29, 0.717) is 19.0 Å². The van der Waals surface area contributed by atoms with Gasteiger partial charge in [-0.25, -0.2) is 0 Å². The Bertz CT molecular complexity index is 396. The number of carbonyl (C=O) groups is 1. The highest BCUT2D eigenvalue weighted by atomic mass is 16.1. The summed E-state index contributed by atoms with van der Waals surface area (Å²) in [7, 11) is 0. The van der Waals surface area contributed by atoms with Crippen LogP contribution in [0.25, 0.3) is 0 Å². The predicted octanol–water partition coefficient (Wildman–Crippen LogP) is 2.69. The second-order valence-corrected chi connectivity index (χ2v) is 5.10. The van der Waals surface area contributed by atoms with Gasteiger partial charge in [0.05, 0.1) is 0 Å². The number of hydrogen-bond donors (Lipinski definition) is 1. The van der Waals surface area contributed by atoms with Crippen molar-refractivity contribution in [2.75, 3.05) is 13.2 Å². The molecular formula is C15H25N3O. The number of hydrogen-bond acceptors (Lipinski definition) is 3. The summed E-state index contributed by atoms with van der Waals surface area (Å²) in [5.41, 5.74) is 2.21. The van der Waals surface area contributed by atoms with Gasteiger partial charge in [-0.1, -0.05) is 26.3 Å². The molecule has 4 nitrogen and oxygen atoms in total. The lowest BCUT2D eigenvalue weighted by Crippen LogP contribution is -2.27. The zero-order valence-electron chi connectivity index (χ0n) is 12.4. The Kier molecular flexibility index (Phi) is 6.33. The summed E-state index contributed by atoms with van der Waals surface area (Å²) in [4.78, 5) is 18.0. The van der Waals surface area contributed by atoms with Crippen molar-refractivity contribution < 1.29 is 4.79 Å². The summed E-state index contributed by atoms with van der Waals surface area (Å²) in [5, 5.41) is 2.94. The van der Waals surface area contributed by atoms with Crippen molar-refractivity contribution in [3.63, 3.8) is 0 Å². The van der Waals surface area contributed by atoms with Crippen LogP contribution in [0.15, 0.2) is 29.0 Å². The molecule has 1 aliphatic heterocycles. The van der Waals surface area contributed by atoms with Gasteiger partial charge in [0.1, 0.15) is 6.67 Å². The minimum Gasteiger partial charge on any atom is -0.356 e. The van der Waals surface area contributed by atoms with Crippen molar-refractivity contribution in [2.24, 2.45) is 10.9 Å². The number of aliphatic imine (C=N–C) groups is 1. The molecule has 1 atom stereocenters. The molecule has 0 radical (unpaired) electrons. The molecule has 0 unspecified atom stereocenters. The molecule has 1 N–H and O–H groups in total. The van der Waals surface area contributed by atoms with E-state index in [1.54, 1.807) is 0 Å². The number of rotatable bonds is 6. The normalized spacial score (nSPS) is 17.2. The third-order valence-electron chi connectivity index (χ3n) is 3.28. The summed E-state index contributed by atoms with van der Waals surface area (Å²) >= 11 is 0. The van der Waals surface area contributed by atoms with Gasteiger partial charge in [0.15, 0.2) is 0 Å². The first kappa shape index (κ1) is 15.5. The topological polar surface area (TPSA) is 44.7 Å². The van der Waals surface area contributed by atoms with Crippen LogP contribution in [0.4, 0.5) is 0 Å². The van der Waals surface area contributed by atoms with Crippen molar-refractivity contribution in [2.45, 2.75) is 40.5 Å². The van der Waals surface area contributed by atoms with Crippen molar-refractivity contribution in [1.82, 2.24) is 10.2 Å². The first-order valence-corrected chi connectivity index (χ1v) is 6.92. The van der Waals surface area contributed by atoms with Crippen LogP contribution in [0.2, 0.25) is 0 Å². The number of nitrogens with zero attached hydrogens (tertiary/aromatic N) is 2. The summed E-state index contributed by atoms with van der Waals surface area (Å²) < 4.78 is 0. The smallest absolute Gasteiger partial charge is 0.223 e. The zero-order chi connectivity index (χ0) is 14.3. The van der Waals surface area contributed by atoms with Crippen LogP contribution in [0.3, 0.4) is 0 Å². The lowest BCUT2D eigenvalue weighted by molar-refractivity contribution is -0.120.